The molecular formula is C15H22N4. The van der Waals surface area contributed by atoms with Crippen molar-refractivity contribution in [3.63, 3.8) is 0 Å². The van der Waals surface area contributed by atoms with Gasteiger partial charge in [-0.2, -0.15) is 15.0 Å². The van der Waals surface area contributed by atoms with Crippen LogP contribution >= 0.6 is 0 Å². The molecule has 1 aromatic carbocycles. The number of nitrogens with two attached hydrogens (primary N) is 1. The van der Waals surface area contributed by atoms with Crippen LogP contribution in [-0.4, -0.2) is 15.0 Å². The molecule has 19 heavy (non-hydrogen) atoms. The summed E-state index contributed by atoms with van der Waals surface area (Å²) >= 11 is 0. The molecule has 0 aliphatic carbocycles. The SMILES string of the molecule is CCC(CC)CC(N)c1cnn(-c2ccccc2)n1. The lowest BCUT2D eigenvalue weighted by Crippen LogP contribution is -2.16. The summed E-state index contributed by atoms with van der Waals surface area (Å²) in [6.07, 6.45) is 5.08. The van der Waals surface area contributed by atoms with Crippen LogP contribution in [0.4, 0.5) is 0 Å². The standard InChI is InChI=1S/C15H22N4/c1-3-12(4-2)10-14(16)15-11-17-19(18-15)13-8-6-5-7-9-13/h5-9,11-12,14H,3-4,10,16H2,1-2H3. The third-order valence-electron chi connectivity index (χ3n) is 3.62. The number of nitrogens with zero attached hydrogens (tertiary/aromatic N) is 3. The molecular weight excluding hydrogens is 236 g/mol. The highest BCUT2D eigenvalue weighted by molar-refractivity contribution is 5.28. The normalized spacial score (nSPS) is 12.8. The lowest BCUT2D eigenvalue weighted by Gasteiger charge is -2.16. The second-order valence-electron chi connectivity index (χ2n) is 4.92. The van der Waals surface area contributed by atoms with Crippen molar-refractivity contribution in [2.45, 2.75) is 39.2 Å². The smallest absolute Gasteiger partial charge is 0.0998 e. The van der Waals surface area contributed by atoms with Gasteiger partial charge in [0, 0.05) is 0 Å². The average Bonchev–Trinajstić information content (AvgIpc) is 2.95. The van der Waals surface area contributed by atoms with Gasteiger partial charge < -0.3 is 5.73 Å². The highest BCUT2D eigenvalue weighted by Crippen LogP contribution is 2.22. The first-order valence-corrected chi connectivity index (χ1v) is 6.97. The van der Waals surface area contributed by atoms with Crippen LogP contribution in [0.1, 0.15) is 44.8 Å². The van der Waals surface area contributed by atoms with Crippen molar-refractivity contribution < 1.29 is 0 Å². The summed E-state index contributed by atoms with van der Waals surface area (Å²) in [5.41, 5.74) is 8.06. The quantitative estimate of drug-likeness (QED) is 0.866. The summed E-state index contributed by atoms with van der Waals surface area (Å²) in [7, 11) is 0. The zero-order valence-corrected chi connectivity index (χ0v) is 11.7. The van der Waals surface area contributed by atoms with Crippen LogP contribution in [0.15, 0.2) is 36.5 Å². The fourth-order valence-corrected chi connectivity index (χ4v) is 2.23. The van der Waals surface area contributed by atoms with E-state index in [1.165, 1.54) is 0 Å². The van der Waals surface area contributed by atoms with Crippen molar-refractivity contribution in [3.05, 3.63) is 42.2 Å². The molecule has 1 aromatic heterocycles. The molecule has 0 amide bonds. The van der Waals surface area contributed by atoms with Crippen molar-refractivity contribution in [3.8, 4) is 5.69 Å². The molecule has 0 spiro atoms. The molecule has 1 atom stereocenters. The summed E-state index contributed by atoms with van der Waals surface area (Å²) in [6, 6.07) is 9.87. The molecule has 0 aliphatic rings. The molecule has 2 N–H and O–H groups in total. The van der Waals surface area contributed by atoms with E-state index in [4.69, 9.17) is 5.73 Å². The largest absolute Gasteiger partial charge is 0.323 e. The van der Waals surface area contributed by atoms with Gasteiger partial charge in [0.1, 0.15) is 0 Å². The van der Waals surface area contributed by atoms with Gasteiger partial charge in [-0.25, -0.2) is 0 Å². The predicted octanol–water partition coefficient (Wildman–Crippen LogP) is 3.09. The Labute approximate surface area is 114 Å². The minimum Gasteiger partial charge on any atom is -0.323 e. The van der Waals surface area contributed by atoms with Crippen LogP contribution in [0.5, 0.6) is 0 Å². The first kappa shape index (κ1) is 13.7. The molecule has 0 bridgehead atoms. The minimum atomic E-state index is -0.0256. The molecule has 1 heterocycles. The average molecular weight is 258 g/mol. The van der Waals surface area contributed by atoms with Crippen molar-refractivity contribution in [1.29, 1.82) is 0 Å². The van der Waals surface area contributed by atoms with Gasteiger partial charge in [-0.15, -0.1) is 0 Å². The van der Waals surface area contributed by atoms with E-state index in [1.807, 2.05) is 30.3 Å². The maximum Gasteiger partial charge on any atom is 0.0998 e. The summed E-state index contributed by atoms with van der Waals surface area (Å²) in [5, 5.41) is 8.77. The summed E-state index contributed by atoms with van der Waals surface area (Å²) in [4.78, 5) is 1.64. The maximum absolute atomic E-state index is 6.22. The molecule has 102 valence electrons. The Morgan fingerprint density at radius 2 is 1.84 bits per heavy atom. The van der Waals surface area contributed by atoms with Crippen LogP contribution in [-0.2, 0) is 0 Å². The van der Waals surface area contributed by atoms with E-state index in [0.29, 0.717) is 5.92 Å². The summed E-state index contributed by atoms with van der Waals surface area (Å²) < 4.78 is 0. The van der Waals surface area contributed by atoms with E-state index in [9.17, 15) is 0 Å². The highest BCUT2D eigenvalue weighted by Gasteiger charge is 2.15. The van der Waals surface area contributed by atoms with Crippen molar-refractivity contribution >= 4 is 0 Å². The summed E-state index contributed by atoms with van der Waals surface area (Å²) in [6.45, 7) is 4.42. The van der Waals surface area contributed by atoms with Crippen LogP contribution in [0.25, 0.3) is 5.69 Å². The Morgan fingerprint density at radius 3 is 2.47 bits per heavy atom. The van der Waals surface area contributed by atoms with Gasteiger partial charge >= 0.3 is 0 Å². The molecule has 0 aliphatic heterocycles. The molecule has 4 heteroatoms. The van der Waals surface area contributed by atoms with Gasteiger partial charge in [0.05, 0.1) is 23.6 Å². The number of aromatic nitrogens is 3. The number of para-hydroxylation sites is 1. The summed E-state index contributed by atoms with van der Waals surface area (Å²) in [5.74, 6) is 0.664. The second-order valence-corrected chi connectivity index (χ2v) is 4.92. The minimum absolute atomic E-state index is 0.0256. The van der Waals surface area contributed by atoms with Crippen LogP contribution < -0.4 is 5.73 Å². The fourth-order valence-electron chi connectivity index (χ4n) is 2.23. The van der Waals surface area contributed by atoms with Gasteiger partial charge in [-0.3, -0.25) is 0 Å². The zero-order chi connectivity index (χ0) is 13.7. The van der Waals surface area contributed by atoms with Gasteiger partial charge in [0.2, 0.25) is 0 Å². The molecule has 0 saturated carbocycles. The van der Waals surface area contributed by atoms with Crippen LogP contribution in [0.3, 0.4) is 0 Å². The van der Waals surface area contributed by atoms with E-state index in [2.05, 4.69) is 24.0 Å². The van der Waals surface area contributed by atoms with Crippen molar-refractivity contribution in [1.82, 2.24) is 15.0 Å². The Balaban J connectivity index is 2.08. The van der Waals surface area contributed by atoms with Crippen molar-refractivity contribution in [2.24, 2.45) is 11.7 Å². The Kier molecular flexibility index (Phi) is 4.68. The van der Waals surface area contributed by atoms with E-state index >= 15 is 0 Å². The van der Waals surface area contributed by atoms with Gasteiger partial charge in [0.15, 0.2) is 0 Å². The third-order valence-corrected chi connectivity index (χ3v) is 3.62. The van der Waals surface area contributed by atoms with Crippen LogP contribution in [0, 0.1) is 5.92 Å². The van der Waals surface area contributed by atoms with E-state index < -0.39 is 0 Å². The molecule has 0 saturated heterocycles. The fraction of sp³-hybridized carbons (Fsp3) is 0.467. The second kappa shape index (κ2) is 6.48. The molecule has 2 rings (SSSR count). The number of hydrogen-bond donors (Lipinski definition) is 1. The van der Waals surface area contributed by atoms with Gasteiger partial charge in [0.25, 0.3) is 0 Å². The lowest BCUT2D eigenvalue weighted by atomic mass is 9.94. The van der Waals surface area contributed by atoms with E-state index in [-0.39, 0.29) is 6.04 Å². The van der Waals surface area contributed by atoms with Gasteiger partial charge in [-0.05, 0) is 24.5 Å². The topological polar surface area (TPSA) is 56.7 Å². The van der Waals surface area contributed by atoms with Gasteiger partial charge in [-0.1, -0.05) is 44.9 Å². The van der Waals surface area contributed by atoms with E-state index in [0.717, 1.165) is 30.6 Å². The molecule has 2 aromatic rings. The molecule has 1 unspecified atom stereocenters. The Morgan fingerprint density at radius 1 is 1.16 bits per heavy atom. The third kappa shape index (κ3) is 3.41. The van der Waals surface area contributed by atoms with E-state index in [1.54, 1.807) is 11.0 Å². The Hall–Kier alpha value is -1.68. The van der Waals surface area contributed by atoms with Crippen LogP contribution in [0.2, 0.25) is 0 Å². The lowest BCUT2D eigenvalue weighted by molar-refractivity contribution is 0.410. The first-order valence-electron chi connectivity index (χ1n) is 6.97. The first-order chi connectivity index (χ1) is 9.24. The number of hydrogen-bond acceptors (Lipinski definition) is 3. The Bertz CT molecular complexity index is 488. The predicted molar refractivity (Wildman–Crippen MR) is 77.0 cm³/mol. The number of rotatable bonds is 6. The molecule has 0 radical (unpaired) electrons. The zero-order valence-electron chi connectivity index (χ0n) is 11.7. The number of benzene rings is 1. The molecule has 0 fully saturated rings. The highest BCUT2D eigenvalue weighted by atomic mass is 15.5. The molecule has 4 nitrogen and oxygen atoms in total. The monoisotopic (exact) mass is 258 g/mol. The van der Waals surface area contributed by atoms with Crippen molar-refractivity contribution in [2.75, 3.05) is 0 Å². The maximum atomic E-state index is 6.22.